The van der Waals surface area contributed by atoms with E-state index in [2.05, 4.69) is 5.32 Å². The molecule has 0 unspecified atom stereocenters. The summed E-state index contributed by atoms with van der Waals surface area (Å²) in [5.74, 6) is 1.76. The smallest absolute Gasteiger partial charge is 0.229 e. The number of methoxy groups -OCH3 is 1. The summed E-state index contributed by atoms with van der Waals surface area (Å²) in [4.78, 5) is 26.7. The van der Waals surface area contributed by atoms with Gasteiger partial charge in [0.25, 0.3) is 0 Å². The summed E-state index contributed by atoms with van der Waals surface area (Å²) < 4.78 is 11.1. The molecule has 0 aromatic heterocycles. The molecule has 154 valence electrons. The molecular formula is C23H28N2O4. The Morgan fingerprint density at radius 2 is 1.76 bits per heavy atom. The maximum absolute atomic E-state index is 12.7. The van der Waals surface area contributed by atoms with E-state index in [9.17, 15) is 9.59 Å². The summed E-state index contributed by atoms with van der Waals surface area (Å²) in [5.41, 5.74) is 0.703. The van der Waals surface area contributed by atoms with Gasteiger partial charge in [0, 0.05) is 24.7 Å². The number of anilines is 1. The van der Waals surface area contributed by atoms with Gasteiger partial charge in [-0.05, 0) is 49.2 Å². The number of piperidine rings is 1. The fraction of sp³-hybridized carbons (Fsp3) is 0.391. The van der Waals surface area contributed by atoms with Crippen molar-refractivity contribution in [1.82, 2.24) is 4.90 Å². The summed E-state index contributed by atoms with van der Waals surface area (Å²) in [6, 6.07) is 14.7. The molecule has 1 heterocycles. The minimum Gasteiger partial charge on any atom is -0.493 e. The van der Waals surface area contributed by atoms with Gasteiger partial charge < -0.3 is 19.7 Å². The van der Waals surface area contributed by atoms with Crippen LogP contribution in [0.15, 0.2) is 48.5 Å². The predicted octanol–water partition coefficient (Wildman–Crippen LogP) is 4.32. The second kappa shape index (κ2) is 9.45. The Bertz CT molecular complexity index is 848. The van der Waals surface area contributed by atoms with E-state index in [1.54, 1.807) is 19.2 Å². The quantitative estimate of drug-likeness (QED) is 0.790. The van der Waals surface area contributed by atoms with Crippen LogP contribution in [0.1, 0.15) is 26.7 Å². The zero-order chi connectivity index (χ0) is 20.8. The Kier molecular flexibility index (Phi) is 6.75. The fourth-order valence-electron chi connectivity index (χ4n) is 3.44. The van der Waals surface area contributed by atoms with Crippen LogP contribution >= 0.6 is 0 Å². The van der Waals surface area contributed by atoms with Crippen LogP contribution in [0.5, 0.6) is 17.2 Å². The highest BCUT2D eigenvalue weighted by atomic mass is 16.5. The van der Waals surface area contributed by atoms with Crippen molar-refractivity contribution in [3.63, 3.8) is 0 Å². The number of nitrogens with zero attached hydrogens (tertiary/aromatic N) is 1. The molecule has 29 heavy (non-hydrogen) atoms. The van der Waals surface area contributed by atoms with E-state index in [0.717, 1.165) is 19.4 Å². The average molecular weight is 396 g/mol. The molecule has 6 heteroatoms. The van der Waals surface area contributed by atoms with Crippen molar-refractivity contribution >= 4 is 17.5 Å². The van der Waals surface area contributed by atoms with E-state index >= 15 is 0 Å². The molecule has 2 aromatic rings. The van der Waals surface area contributed by atoms with Gasteiger partial charge in [0.05, 0.1) is 13.0 Å². The number of nitrogens with one attached hydrogen (secondary N) is 1. The van der Waals surface area contributed by atoms with Crippen molar-refractivity contribution in [2.75, 3.05) is 25.5 Å². The highest BCUT2D eigenvalue weighted by molar-refractivity contribution is 5.93. The van der Waals surface area contributed by atoms with Crippen LogP contribution in [0.3, 0.4) is 0 Å². The number of carbonyl (C=O) groups is 2. The van der Waals surface area contributed by atoms with Crippen molar-refractivity contribution in [3.05, 3.63) is 48.5 Å². The number of hydrogen-bond acceptors (Lipinski definition) is 4. The summed E-state index contributed by atoms with van der Waals surface area (Å²) >= 11 is 0. The Balaban J connectivity index is 1.59. The van der Waals surface area contributed by atoms with Crippen molar-refractivity contribution in [2.45, 2.75) is 26.7 Å². The molecule has 0 bridgehead atoms. The standard InChI is InChI=1S/C23H28N2O4/c1-16(2)23(27)25-14-6-7-17(15-25)22(26)24-18-10-12-19(13-11-18)29-21-9-5-4-8-20(21)28-3/h4-5,8-13,16-17H,6-7,14-15H2,1-3H3,(H,24,26)/t17-/m0/s1. The van der Waals surface area contributed by atoms with E-state index in [0.29, 0.717) is 29.5 Å². The van der Waals surface area contributed by atoms with E-state index in [4.69, 9.17) is 9.47 Å². The highest BCUT2D eigenvalue weighted by Gasteiger charge is 2.29. The van der Waals surface area contributed by atoms with Crippen LogP contribution in [-0.4, -0.2) is 36.9 Å². The molecule has 0 saturated carbocycles. The van der Waals surface area contributed by atoms with Crippen LogP contribution in [0, 0.1) is 11.8 Å². The lowest BCUT2D eigenvalue weighted by atomic mass is 9.96. The van der Waals surface area contributed by atoms with E-state index in [1.165, 1.54) is 0 Å². The Hall–Kier alpha value is -3.02. The average Bonchev–Trinajstić information content (AvgIpc) is 2.75. The van der Waals surface area contributed by atoms with Crippen molar-refractivity contribution < 1.29 is 19.1 Å². The molecule has 2 amide bonds. The summed E-state index contributed by atoms with van der Waals surface area (Å²) in [6.07, 6.45) is 1.64. The maximum Gasteiger partial charge on any atom is 0.229 e. The van der Waals surface area contributed by atoms with Gasteiger partial charge >= 0.3 is 0 Å². The molecule has 1 saturated heterocycles. The SMILES string of the molecule is COc1ccccc1Oc1ccc(NC(=O)[C@H]2CCCN(C(=O)C(C)C)C2)cc1. The van der Waals surface area contributed by atoms with Crippen molar-refractivity contribution in [2.24, 2.45) is 11.8 Å². The molecule has 1 fully saturated rings. The van der Waals surface area contributed by atoms with Gasteiger partial charge in [-0.15, -0.1) is 0 Å². The first-order valence-corrected chi connectivity index (χ1v) is 9.98. The number of para-hydroxylation sites is 2. The lowest BCUT2D eigenvalue weighted by Gasteiger charge is -2.33. The fourth-order valence-corrected chi connectivity index (χ4v) is 3.44. The van der Waals surface area contributed by atoms with Gasteiger partial charge in [0.1, 0.15) is 5.75 Å². The van der Waals surface area contributed by atoms with Crippen molar-refractivity contribution in [3.8, 4) is 17.2 Å². The largest absolute Gasteiger partial charge is 0.493 e. The molecule has 0 radical (unpaired) electrons. The summed E-state index contributed by atoms with van der Waals surface area (Å²) in [5, 5.41) is 2.96. The van der Waals surface area contributed by atoms with Gasteiger partial charge in [-0.3, -0.25) is 9.59 Å². The molecule has 1 aliphatic rings. The van der Waals surface area contributed by atoms with Gasteiger partial charge in [-0.2, -0.15) is 0 Å². The Labute approximate surface area is 171 Å². The minimum absolute atomic E-state index is 0.0485. The van der Waals surface area contributed by atoms with E-state index in [1.807, 2.05) is 55.1 Å². The van der Waals surface area contributed by atoms with Crippen LogP contribution in [0.25, 0.3) is 0 Å². The molecule has 1 atom stereocenters. The van der Waals surface area contributed by atoms with Crippen molar-refractivity contribution in [1.29, 1.82) is 0 Å². The lowest BCUT2D eigenvalue weighted by Crippen LogP contribution is -2.45. The van der Waals surface area contributed by atoms with Gasteiger partial charge in [-0.25, -0.2) is 0 Å². The normalized spacial score (nSPS) is 16.4. The molecule has 0 aliphatic carbocycles. The molecular weight excluding hydrogens is 368 g/mol. The zero-order valence-corrected chi connectivity index (χ0v) is 17.2. The second-order valence-corrected chi connectivity index (χ2v) is 7.54. The number of carbonyl (C=O) groups excluding carboxylic acids is 2. The molecule has 0 spiro atoms. The van der Waals surface area contributed by atoms with Crippen LogP contribution < -0.4 is 14.8 Å². The van der Waals surface area contributed by atoms with E-state index < -0.39 is 0 Å². The second-order valence-electron chi connectivity index (χ2n) is 7.54. The predicted molar refractivity (Wildman–Crippen MR) is 112 cm³/mol. The first kappa shape index (κ1) is 20.7. The lowest BCUT2D eigenvalue weighted by molar-refractivity contribution is -0.137. The van der Waals surface area contributed by atoms with Gasteiger partial charge in [0.2, 0.25) is 11.8 Å². The number of ether oxygens (including phenoxy) is 2. The third-order valence-electron chi connectivity index (χ3n) is 5.02. The van der Waals surface area contributed by atoms with Gasteiger partial charge in [0.15, 0.2) is 11.5 Å². The molecule has 3 rings (SSSR count). The van der Waals surface area contributed by atoms with Crippen LogP contribution in [-0.2, 0) is 9.59 Å². The number of likely N-dealkylation sites (tertiary alicyclic amines) is 1. The molecule has 2 aromatic carbocycles. The molecule has 6 nitrogen and oxygen atoms in total. The molecule has 1 N–H and O–H groups in total. The Morgan fingerprint density at radius 3 is 2.41 bits per heavy atom. The first-order valence-electron chi connectivity index (χ1n) is 9.98. The summed E-state index contributed by atoms with van der Waals surface area (Å²) in [7, 11) is 1.60. The third-order valence-corrected chi connectivity index (χ3v) is 5.02. The minimum atomic E-state index is -0.184. The number of benzene rings is 2. The summed E-state index contributed by atoms with van der Waals surface area (Å²) in [6.45, 7) is 5.00. The number of amides is 2. The maximum atomic E-state index is 12.7. The van der Waals surface area contributed by atoms with Gasteiger partial charge in [-0.1, -0.05) is 26.0 Å². The third kappa shape index (κ3) is 5.28. The van der Waals surface area contributed by atoms with Crippen LogP contribution in [0.4, 0.5) is 5.69 Å². The first-order chi connectivity index (χ1) is 14.0. The number of hydrogen-bond donors (Lipinski definition) is 1. The zero-order valence-electron chi connectivity index (χ0n) is 17.2. The number of rotatable bonds is 6. The molecule has 1 aliphatic heterocycles. The topological polar surface area (TPSA) is 67.9 Å². The van der Waals surface area contributed by atoms with Crippen LogP contribution in [0.2, 0.25) is 0 Å². The Morgan fingerprint density at radius 1 is 1.07 bits per heavy atom. The monoisotopic (exact) mass is 396 g/mol. The van der Waals surface area contributed by atoms with E-state index in [-0.39, 0.29) is 23.7 Å². The highest BCUT2D eigenvalue weighted by Crippen LogP contribution is 2.31.